The van der Waals surface area contributed by atoms with Crippen molar-refractivity contribution in [2.75, 3.05) is 12.3 Å². The van der Waals surface area contributed by atoms with Gasteiger partial charge >= 0.3 is 0 Å². The van der Waals surface area contributed by atoms with Gasteiger partial charge in [0.25, 0.3) is 10.0 Å². The molecule has 0 fully saturated rings. The lowest BCUT2D eigenvalue weighted by molar-refractivity contribution is 0.343. The fourth-order valence-corrected chi connectivity index (χ4v) is 4.80. The molecule has 1 rings (SSSR count). The number of nitrogens with zero attached hydrogens (tertiary/aromatic N) is 2. The van der Waals surface area contributed by atoms with Gasteiger partial charge in [-0.1, -0.05) is 25.2 Å². The Hall–Kier alpha value is -0.660. The molecule has 0 radical (unpaired) electrons. The highest BCUT2D eigenvalue weighted by Gasteiger charge is 2.30. The minimum absolute atomic E-state index is 0.0206. The molecular weight excluding hydrogens is 258 g/mol. The second-order valence-corrected chi connectivity index (χ2v) is 7.01. The van der Waals surface area contributed by atoms with Crippen molar-refractivity contribution in [1.82, 2.24) is 9.29 Å². The van der Waals surface area contributed by atoms with Gasteiger partial charge in [0.1, 0.15) is 0 Å². The fraction of sp³-hybridized carbons (Fsp3) is 0.700. The summed E-state index contributed by atoms with van der Waals surface area (Å²) in [5, 5.41) is 0.293. The Kier molecular flexibility index (Phi) is 4.51. The zero-order valence-corrected chi connectivity index (χ0v) is 12.2. The van der Waals surface area contributed by atoms with E-state index in [4.69, 9.17) is 5.73 Å². The summed E-state index contributed by atoms with van der Waals surface area (Å²) in [5.41, 5.74) is 6.03. The Morgan fingerprint density at radius 3 is 2.41 bits per heavy atom. The zero-order valence-electron chi connectivity index (χ0n) is 10.6. The van der Waals surface area contributed by atoms with E-state index >= 15 is 0 Å². The van der Waals surface area contributed by atoms with Gasteiger partial charge < -0.3 is 5.73 Å². The Morgan fingerprint density at radius 1 is 1.47 bits per heavy atom. The van der Waals surface area contributed by atoms with Crippen molar-refractivity contribution in [1.29, 1.82) is 0 Å². The summed E-state index contributed by atoms with van der Waals surface area (Å²) in [4.78, 5) is 3.97. The highest BCUT2D eigenvalue weighted by molar-refractivity contribution is 7.91. The van der Waals surface area contributed by atoms with Crippen LogP contribution in [0, 0.1) is 6.92 Å². The molecule has 0 spiro atoms. The molecule has 17 heavy (non-hydrogen) atoms. The number of nitrogen functional groups attached to an aromatic ring is 1. The summed E-state index contributed by atoms with van der Waals surface area (Å²) in [6.45, 7) is 7.83. The maximum Gasteiger partial charge on any atom is 0.254 e. The van der Waals surface area contributed by atoms with Crippen LogP contribution in [0.5, 0.6) is 0 Å². The number of hydrogen-bond donors (Lipinski definition) is 1. The van der Waals surface area contributed by atoms with Crippen molar-refractivity contribution in [3.8, 4) is 0 Å². The van der Waals surface area contributed by atoms with Gasteiger partial charge in [-0.25, -0.2) is 13.4 Å². The molecule has 1 heterocycles. The average molecular weight is 277 g/mol. The smallest absolute Gasteiger partial charge is 0.254 e. The van der Waals surface area contributed by atoms with E-state index in [-0.39, 0.29) is 10.3 Å². The van der Waals surface area contributed by atoms with E-state index in [0.717, 1.165) is 17.8 Å². The van der Waals surface area contributed by atoms with Gasteiger partial charge in [-0.15, -0.1) is 0 Å². The number of nitrogens with two attached hydrogens (primary N) is 1. The van der Waals surface area contributed by atoms with E-state index in [0.29, 0.717) is 17.4 Å². The highest BCUT2D eigenvalue weighted by Crippen LogP contribution is 2.29. The molecule has 0 aliphatic heterocycles. The van der Waals surface area contributed by atoms with Crippen LogP contribution in [0.15, 0.2) is 4.21 Å². The average Bonchev–Trinajstić information content (AvgIpc) is 2.58. The van der Waals surface area contributed by atoms with Gasteiger partial charge in [0.2, 0.25) is 0 Å². The van der Waals surface area contributed by atoms with Gasteiger partial charge in [0.15, 0.2) is 9.34 Å². The molecule has 1 atom stereocenters. The predicted octanol–water partition coefficient (Wildman–Crippen LogP) is 1.84. The quantitative estimate of drug-likeness (QED) is 0.891. The number of sulfonamides is 1. The van der Waals surface area contributed by atoms with Crippen molar-refractivity contribution >= 4 is 26.5 Å². The summed E-state index contributed by atoms with van der Waals surface area (Å²) in [7, 11) is -3.46. The van der Waals surface area contributed by atoms with Crippen LogP contribution in [0.3, 0.4) is 0 Å². The van der Waals surface area contributed by atoms with Gasteiger partial charge in [0, 0.05) is 12.6 Å². The molecule has 0 amide bonds. The molecular formula is C10H19N3O2S2. The Bertz CT molecular complexity index is 482. The monoisotopic (exact) mass is 277 g/mol. The van der Waals surface area contributed by atoms with Crippen LogP contribution in [-0.2, 0) is 10.0 Å². The summed E-state index contributed by atoms with van der Waals surface area (Å²) in [5.74, 6) is 0. The van der Waals surface area contributed by atoms with Gasteiger partial charge in [-0.2, -0.15) is 4.31 Å². The molecule has 5 nitrogen and oxygen atoms in total. The molecule has 7 heteroatoms. The Balaban J connectivity index is 3.22. The van der Waals surface area contributed by atoms with Crippen LogP contribution in [0.4, 0.5) is 5.13 Å². The summed E-state index contributed by atoms with van der Waals surface area (Å²) >= 11 is 1.03. The SMILES string of the molecule is CCC(C)N(CC)S(=O)(=O)c1sc(N)nc1C. The molecule has 1 aromatic rings. The molecule has 1 aromatic heterocycles. The van der Waals surface area contributed by atoms with E-state index in [1.165, 1.54) is 4.31 Å². The van der Waals surface area contributed by atoms with Crippen LogP contribution < -0.4 is 5.73 Å². The van der Waals surface area contributed by atoms with Crippen LogP contribution in [0.1, 0.15) is 32.9 Å². The first-order valence-corrected chi connectivity index (χ1v) is 7.84. The zero-order chi connectivity index (χ0) is 13.2. The lowest BCUT2D eigenvalue weighted by Gasteiger charge is -2.25. The van der Waals surface area contributed by atoms with E-state index < -0.39 is 10.0 Å². The first-order chi connectivity index (χ1) is 7.84. The molecule has 0 aliphatic carbocycles. The number of anilines is 1. The highest BCUT2D eigenvalue weighted by atomic mass is 32.2. The summed E-state index contributed by atoms with van der Waals surface area (Å²) in [6.07, 6.45) is 0.778. The minimum atomic E-state index is -3.46. The van der Waals surface area contributed by atoms with Crippen molar-refractivity contribution in [2.45, 2.75) is 44.4 Å². The number of hydrogen-bond acceptors (Lipinski definition) is 5. The van der Waals surface area contributed by atoms with Gasteiger partial charge in [-0.05, 0) is 20.3 Å². The lowest BCUT2D eigenvalue weighted by Crippen LogP contribution is -2.37. The van der Waals surface area contributed by atoms with E-state index in [1.54, 1.807) is 6.92 Å². The minimum Gasteiger partial charge on any atom is -0.375 e. The number of thiazole rings is 1. The number of aromatic nitrogens is 1. The van der Waals surface area contributed by atoms with Gasteiger partial charge in [0.05, 0.1) is 5.69 Å². The molecule has 0 saturated heterocycles. The third-order valence-corrected chi connectivity index (χ3v) is 6.37. The summed E-state index contributed by atoms with van der Waals surface area (Å²) < 4.78 is 26.6. The van der Waals surface area contributed by atoms with E-state index in [2.05, 4.69) is 4.98 Å². The largest absolute Gasteiger partial charge is 0.375 e. The Labute approximate surface area is 107 Å². The maximum absolute atomic E-state index is 12.4. The molecule has 0 saturated carbocycles. The predicted molar refractivity (Wildman–Crippen MR) is 70.6 cm³/mol. The molecule has 0 aromatic carbocycles. The van der Waals surface area contributed by atoms with Crippen molar-refractivity contribution < 1.29 is 8.42 Å². The number of aryl methyl sites for hydroxylation is 1. The normalized spacial score (nSPS) is 14.2. The van der Waals surface area contributed by atoms with Crippen molar-refractivity contribution in [3.05, 3.63) is 5.69 Å². The third-order valence-electron chi connectivity index (χ3n) is 2.71. The second kappa shape index (κ2) is 5.32. The Morgan fingerprint density at radius 2 is 2.06 bits per heavy atom. The standard InChI is InChI=1S/C10H19N3O2S2/c1-5-7(3)13(6-2)17(14,15)9-8(4)12-10(11)16-9/h7H,5-6H2,1-4H3,(H2,11,12). The van der Waals surface area contributed by atoms with Crippen molar-refractivity contribution in [3.63, 3.8) is 0 Å². The molecule has 2 N–H and O–H groups in total. The van der Waals surface area contributed by atoms with E-state index in [1.807, 2.05) is 20.8 Å². The van der Waals surface area contributed by atoms with E-state index in [9.17, 15) is 8.42 Å². The first kappa shape index (κ1) is 14.4. The topological polar surface area (TPSA) is 76.3 Å². The second-order valence-electron chi connectivity index (χ2n) is 3.89. The third kappa shape index (κ3) is 2.78. The molecule has 0 bridgehead atoms. The first-order valence-electron chi connectivity index (χ1n) is 5.59. The lowest BCUT2D eigenvalue weighted by atomic mass is 10.3. The molecule has 98 valence electrons. The van der Waals surface area contributed by atoms with Gasteiger partial charge in [-0.3, -0.25) is 0 Å². The van der Waals surface area contributed by atoms with Crippen LogP contribution in [-0.4, -0.2) is 30.3 Å². The molecule has 1 unspecified atom stereocenters. The fourth-order valence-electron chi connectivity index (χ4n) is 1.67. The maximum atomic E-state index is 12.4. The van der Waals surface area contributed by atoms with Crippen molar-refractivity contribution in [2.24, 2.45) is 0 Å². The summed E-state index contributed by atoms with van der Waals surface area (Å²) in [6, 6.07) is -0.0206. The van der Waals surface area contributed by atoms with Crippen LogP contribution in [0.2, 0.25) is 0 Å². The van der Waals surface area contributed by atoms with Crippen LogP contribution in [0.25, 0.3) is 0 Å². The molecule has 0 aliphatic rings. The van der Waals surface area contributed by atoms with Crippen LogP contribution >= 0.6 is 11.3 Å². The number of rotatable bonds is 5.